The molecule has 1 saturated heterocycles. The number of carboxylic acid groups (broad SMARTS) is 1. The van der Waals surface area contributed by atoms with Gasteiger partial charge in [-0.05, 0) is 59.5 Å². The van der Waals surface area contributed by atoms with Gasteiger partial charge in [0, 0.05) is 53.9 Å². The van der Waals surface area contributed by atoms with E-state index in [9.17, 15) is 13.9 Å². The minimum absolute atomic E-state index is 0.0110. The fraction of sp³-hybridized carbons (Fsp3) is 0.387. The average Bonchev–Trinajstić information content (AvgIpc) is 3.20. The first-order valence-electron chi connectivity index (χ1n) is 13.7. The number of hydrogen-bond acceptors (Lipinski definition) is 7. The van der Waals surface area contributed by atoms with Gasteiger partial charge in [-0.3, -0.25) is 13.9 Å². The molecular formula is C31H34O8S. The SMILES string of the molecule is Cc1cc(OC2CCS(O)(O)CC2)cc2c1-c1cc(COc3ccc4c(c3)OC[C@H]4CC(=O)O)ccc1OCC2. The van der Waals surface area contributed by atoms with Crippen molar-refractivity contribution in [2.24, 2.45) is 0 Å². The van der Waals surface area contributed by atoms with E-state index >= 15 is 0 Å². The van der Waals surface area contributed by atoms with E-state index in [4.69, 9.17) is 24.1 Å². The van der Waals surface area contributed by atoms with Crippen LogP contribution in [0.15, 0.2) is 48.5 Å². The number of benzene rings is 3. The van der Waals surface area contributed by atoms with Gasteiger partial charge in [0.25, 0.3) is 0 Å². The molecule has 0 spiro atoms. The molecule has 0 bridgehead atoms. The molecule has 9 heteroatoms. The smallest absolute Gasteiger partial charge is 0.304 e. The summed E-state index contributed by atoms with van der Waals surface area (Å²) in [6.07, 6.45) is 2.09. The summed E-state index contributed by atoms with van der Waals surface area (Å²) in [4.78, 5) is 11.1. The lowest BCUT2D eigenvalue weighted by Gasteiger charge is -2.39. The van der Waals surface area contributed by atoms with E-state index < -0.39 is 16.6 Å². The molecule has 3 heterocycles. The molecule has 3 aromatic rings. The van der Waals surface area contributed by atoms with E-state index in [1.807, 2.05) is 30.3 Å². The second-order valence-electron chi connectivity index (χ2n) is 10.8. The maximum atomic E-state index is 11.1. The highest BCUT2D eigenvalue weighted by Crippen LogP contribution is 2.45. The number of carboxylic acids is 1. The van der Waals surface area contributed by atoms with Gasteiger partial charge in [-0.2, -0.15) is 10.6 Å². The third-order valence-corrected chi connectivity index (χ3v) is 9.64. The summed E-state index contributed by atoms with van der Waals surface area (Å²) < 4.78 is 44.1. The zero-order chi connectivity index (χ0) is 27.9. The molecule has 212 valence electrons. The van der Waals surface area contributed by atoms with E-state index in [1.54, 1.807) is 0 Å². The normalized spacial score (nSPS) is 20.1. The van der Waals surface area contributed by atoms with Crippen LogP contribution in [0.1, 0.15) is 47.4 Å². The van der Waals surface area contributed by atoms with Crippen molar-refractivity contribution in [3.63, 3.8) is 0 Å². The fourth-order valence-corrected chi connectivity index (χ4v) is 7.31. The van der Waals surface area contributed by atoms with Crippen LogP contribution in [0.3, 0.4) is 0 Å². The van der Waals surface area contributed by atoms with Gasteiger partial charge >= 0.3 is 5.97 Å². The van der Waals surface area contributed by atoms with Crippen LogP contribution in [-0.2, 0) is 17.8 Å². The summed E-state index contributed by atoms with van der Waals surface area (Å²) in [6, 6.07) is 15.9. The molecular weight excluding hydrogens is 532 g/mol. The number of carbonyl (C=O) groups is 1. The van der Waals surface area contributed by atoms with E-state index in [2.05, 4.69) is 25.1 Å². The number of ether oxygens (including phenoxy) is 4. The summed E-state index contributed by atoms with van der Waals surface area (Å²) in [5.41, 5.74) is 6.35. The summed E-state index contributed by atoms with van der Waals surface area (Å²) in [5.74, 6) is 2.84. The Bertz CT molecular complexity index is 1430. The van der Waals surface area contributed by atoms with Gasteiger partial charge in [0.1, 0.15) is 35.7 Å². The lowest BCUT2D eigenvalue weighted by molar-refractivity contribution is -0.137. The lowest BCUT2D eigenvalue weighted by atomic mass is 9.92. The molecule has 0 aliphatic carbocycles. The first-order valence-corrected chi connectivity index (χ1v) is 15.5. The number of aliphatic carboxylic acids is 1. The molecule has 0 unspecified atom stereocenters. The second kappa shape index (κ2) is 10.9. The Balaban J connectivity index is 1.19. The van der Waals surface area contributed by atoms with E-state index in [-0.39, 0.29) is 18.4 Å². The number of fused-ring (bicyclic) bond motifs is 4. The minimum atomic E-state index is -2.44. The van der Waals surface area contributed by atoms with Crippen LogP contribution >= 0.6 is 10.6 Å². The van der Waals surface area contributed by atoms with Crippen LogP contribution in [-0.4, -0.2) is 51.0 Å². The average molecular weight is 567 g/mol. The Labute approximate surface area is 235 Å². The Morgan fingerprint density at radius 3 is 2.62 bits per heavy atom. The van der Waals surface area contributed by atoms with Crippen molar-refractivity contribution in [1.29, 1.82) is 0 Å². The molecule has 1 atom stereocenters. The standard InChI is InChI=1S/C31H34O8S/c1-19-12-25(39-23-7-10-40(34,35)11-8-23)14-21-6-9-36-28-5-2-20(13-27(28)31(19)21)17-37-24-3-4-26-22(15-30(32)33)18-38-29(26)16-24/h2-5,12-14,16,22-23,34-35H,6-11,15,17-18H2,1H3,(H,32,33)/t22-/m1/s1. The van der Waals surface area contributed by atoms with Crippen molar-refractivity contribution < 1.29 is 38.0 Å². The van der Waals surface area contributed by atoms with Gasteiger partial charge in [-0.15, -0.1) is 0 Å². The highest BCUT2D eigenvalue weighted by molar-refractivity contribution is 8.24. The van der Waals surface area contributed by atoms with Gasteiger partial charge < -0.3 is 24.1 Å². The predicted molar refractivity (Wildman–Crippen MR) is 153 cm³/mol. The Morgan fingerprint density at radius 1 is 1.00 bits per heavy atom. The molecule has 3 N–H and O–H groups in total. The van der Waals surface area contributed by atoms with Crippen LogP contribution in [0.2, 0.25) is 0 Å². The van der Waals surface area contributed by atoms with Crippen LogP contribution in [0.4, 0.5) is 0 Å². The molecule has 3 aliphatic heterocycles. The van der Waals surface area contributed by atoms with Gasteiger partial charge in [0.2, 0.25) is 0 Å². The number of hydrogen-bond donors (Lipinski definition) is 3. The molecule has 40 heavy (non-hydrogen) atoms. The highest BCUT2D eigenvalue weighted by Gasteiger charge is 2.28. The fourth-order valence-electron chi connectivity index (χ4n) is 5.82. The van der Waals surface area contributed by atoms with Crippen molar-refractivity contribution in [3.8, 4) is 34.1 Å². The Morgan fingerprint density at radius 2 is 1.82 bits per heavy atom. The maximum Gasteiger partial charge on any atom is 0.304 e. The monoisotopic (exact) mass is 566 g/mol. The van der Waals surface area contributed by atoms with E-state index in [1.165, 1.54) is 5.56 Å². The number of aryl methyl sites for hydroxylation is 1. The summed E-state index contributed by atoms with van der Waals surface area (Å²) in [5, 5.41) is 9.13. The molecule has 0 saturated carbocycles. The third kappa shape index (κ3) is 5.73. The van der Waals surface area contributed by atoms with Crippen molar-refractivity contribution in [1.82, 2.24) is 0 Å². The quantitative estimate of drug-likeness (QED) is 0.300. The second-order valence-corrected chi connectivity index (χ2v) is 13.2. The van der Waals surface area contributed by atoms with Gasteiger partial charge in [-0.1, -0.05) is 12.1 Å². The van der Waals surface area contributed by atoms with Crippen LogP contribution < -0.4 is 18.9 Å². The molecule has 1 fully saturated rings. The molecule has 3 aromatic carbocycles. The van der Waals surface area contributed by atoms with Gasteiger partial charge in [0.15, 0.2) is 0 Å². The van der Waals surface area contributed by atoms with Crippen molar-refractivity contribution in [3.05, 3.63) is 70.8 Å². The minimum Gasteiger partial charge on any atom is -0.493 e. The van der Waals surface area contributed by atoms with Crippen molar-refractivity contribution >= 4 is 16.6 Å². The summed E-state index contributed by atoms with van der Waals surface area (Å²) in [6.45, 7) is 3.39. The van der Waals surface area contributed by atoms with Crippen LogP contribution in [0.25, 0.3) is 11.1 Å². The first-order chi connectivity index (χ1) is 19.2. The highest BCUT2D eigenvalue weighted by atomic mass is 32.3. The lowest BCUT2D eigenvalue weighted by Crippen LogP contribution is -2.28. The first kappa shape index (κ1) is 26.8. The number of rotatable bonds is 7. The topological polar surface area (TPSA) is 115 Å². The molecule has 0 amide bonds. The third-order valence-electron chi connectivity index (χ3n) is 7.86. The zero-order valence-electron chi connectivity index (χ0n) is 22.4. The predicted octanol–water partition coefficient (Wildman–Crippen LogP) is 6.42. The van der Waals surface area contributed by atoms with Crippen molar-refractivity contribution in [2.45, 2.75) is 51.2 Å². The molecule has 8 nitrogen and oxygen atoms in total. The molecule has 3 aliphatic rings. The summed E-state index contributed by atoms with van der Waals surface area (Å²) in [7, 11) is -2.44. The van der Waals surface area contributed by atoms with E-state index in [0.717, 1.165) is 45.7 Å². The maximum absolute atomic E-state index is 11.1. The van der Waals surface area contributed by atoms with E-state index in [0.29, 0.717) is 55.7 Å². The largest absolute Gasteiger partial charge is 0.493 e. The zero-order valence-corrected chi connectivity index (χ0v) is 23.2. The summed E-state index contributed by atoms with van der Waals surface area (Å²) >= 11 is 0. The molecule has 0 radical (unpaired) electrons. The van der Waals surface area contributed by atoms with Crippen LogP contribution in [0, 0.1) is 6.92 Å². The van der Waals surface area contributed by atoms with Crippen molar-refractivity contribution in [2.75, 3.05) is 24.7 Å². The Kier molecular flexibility index (Phi) is 7.29. The molecule has 0 aromatic heterocycles. The van der Waals surface area contributed by atoms with Gasteiger partial charge in [-0.25, -0.2) is 0 Å². The van der Waals surface area contributed by atoms with Crippen LogP contribution in [0.5, 0.6) is 23.0 Å². The molecule has 6 rings (SSSR count). The van der Waals surface area contributed by atoms with Gasteiger partial charge in [0.05, 0.1) is 19.6 Å². The Hall–Kier alpha value is -3.40.